The van der Waals surface area contributed by atoms with Gasteiger partial charge in [0.2, 0.25) is 0 Å². The van der Waals surface area contributed by atoms with Crippen molar-refractivity contribution in [2.24, 2.45) is 20.4 Å². The zero-order chi connectivity index (χ0) is 15.3. The van der Waals surface area contributed by atoms with Crippen LogP contribution in [0.4, 0.5) is 0 Å². The van der Waals surface area contributed by atoms with Crippen LogP contribution in [0.1, 0.15) is 0 Å². The molecule has 0 atom stereocenters. The topological polar surface area (TPSA) is 86.0 Å². The second-order valence-electron chi connectivity index (χ2n) is 3.97. The van der Waals surface area contributed by atoms with Gasteiger partial charge < -0.3 is 40.6 Å². The molecular weight excluding hydrogens is 376 g/mol. The molecule has 8 nitrogen and oxygen atoms in total. The predicted octanol–water partition coefficient (Wildman–Crippen LogP) is -1.10. The fourth-order valence-electron chi connectivity index (χ4n) is 1.46. The molecule has 0 amide bonds. The molecule has 22 heavy (non-hydrogen) atoms. The van der Waals surface area contributed by atoms with E-state index in [2.05, 4.69) is 35.9 Å². The maximum absolute atomic E-state index is 5.28. The van der Waals surface area contributed by atoms with Crippen molar-refractivity contribution in [3.63, 3.8) is 0 Å². The fourth-order valence-corrected chi connectivity index (χ4v) is 1.66. The van der Waals surface area contributed by atoms with E-state index >= 15 is 0 Å². The zero-order valence-corrected chi connectivity index (χ0v) is 17.2. The summed E-state index contributed by atoms with van der Waals surface area (Å²) in [5, 5.41) is 21.2. The number of ether oxygens (including phenoxy) is 1. The smallest absolute Gasteiger partial charge is 0.741 e. The third kappa shape index (κ3) is 10.9. The van der Waals surface area contributed by atoms with Gasteiger partial charge in [0, 0.05) is 33.2 Å². The maximum Gasteiger partial charge on any atom is 2.00 e. The summed E-state index contributed by atoms with van der Waals surface area (Å²) < 4.78 is 5.28. The number of nitrogens with zero attached hydrogens (tertiary/aromatic N) is 5. The molecule has 2 N–H and O–H groups in total. The number of nitrogens with one attached hydrogen (secondary N) is 2. The van der Waals surface area contributed by atoms with Gasteiger partial charge >= 0.3 is 19.5 Å². The molecule has 1 aliphatic rings. The van der Waals surface area contributed by atoms with E-state index in [1.807, 2.05) is 0 Å². The first-order chi connectivity index (χ1) is 10.2. The Morgan fingerprint density at radius 1 is 1.14 bits per heavy atom. The summed E-state index contributed by atoms with van der Waals surface area (Å²) in [6.07, 6.45) is 2.77. The normalized spacial score (nSPS) is 17.7. The summed E-state index contributed by atoms with van der Waals surface area (Å²) in [7, 11) is 1.67. The Balaban J connectivity index is 0.00000441. The van der Waals surface area contributed by atoms with E-state index < -0.39 is 0 Å². The minimum atomic E-state index is 0. The molecule has 1 aliphatic heterocycles. The molecule has 0 bridgehead atoms. The molecule has 1 fully saturated rings. The van der Waals surface area contributed by atoms with Crippen LogP contribution in [-0.4, -0.2) is 74.1 Å². The molecule has 0 aliphatic carbocycles. The van der Waals surface area contributed by atoms with Gasteiger partial charge in [0.1, 0.15) is 0 Å². The number of amidine groups is 2. The first-order valence-electron chi connectivity index (χ1n) is 6.48. The third-order valence-electron chi connectivity index (χ3n) is 2.52. The van der Waals surface area contributed by atoms with E-state index in [9.17, 15) is 0 Å². The Labute approximate surface area is 154 Å². The number of morpholine rings is 1. The van der Waals surface area contributed by atoms with Gasteiger partial charge in [-0.2, -0.15) is 20.4 Å². The first kappa shape index (κ1) is 21.3. The molecule has 0 aromatic carbocycles. The van der Waals surface area contributed by atoms with Crippen LogP contribution in [-0.2, 0) is 49.5 Å². The summed E-state index contributed by atoms with van der Waals surface area (Å²) in [4.78, 5) is 2.31. The van der Waals surface area contributed by atoms with Crippen LogP contribution in [0.5, 0.6) is 0 Å². The van der Waals surface area contributed by atoms with Crippen molar-refractivity contribution in [2.45, 2.75) is 0 Å². The number of hydrogen-bond donors (Lipinski definition) is 2. The fraction of sp³-hybridized carbons (Fsp3) is 0.636. The monoisotopic (exact) mass is 393 g/mol. The standard InChI is InChI=1S/C11H21N7OS2.Zn/c1-12-10(20)16-14-2-3-15-17-11(21)13-4-5-18-6-8-19-9-7-18;/h2-3H,4-9H2,1H3,(H2,12,16,20)(H2,13,17,21);/q;+2/p-2/b14-2+,15-3+;. The van der Waals surface area contributed by atoms with Crippen molar-refractivity contribution < 1.29 is 24.2 Å². The average Bonchev–Trinajstić information content (AvgIpc) is 2.51. The van der Waals surface area contributed by atoms with Gasteiger partial charge in [-0.3, -0.25) is 4.90 Å². The molecule has 1 heterocycles. The molecule has 0 aromatic rings. The number of hydrogen-bond acceptors (Lipinski definition) is 8. The van der Waals surface area contributed by atoms with Gasteiger partial charge in [0.05, 0.1) is 25.6 Å². The third-order valence-corrected chi connectivity index (χ3v) is 3.03. The Morgan fingerprint density at radius 2 is 1.73 bits per heavy atom. The molecule has 118 valence electrons. The summed E-state index contributed by atoms with van der Waals surface area (Å²) >= 11 is 9.80. The van der Waals surface area contributed by atoms with Crippen molar-refractivity contribution in [1.29, 1.82) is 0 Å². The molecule has 0 radical (unpaired) electrons. The molecule has 0 saturated carbocycles. The molecule has 0 aromatic heterocycles. The van der Waals surface area contributed by atoms with E-state index in [4.69, 9.17) is 30.0 Å². The largest absolute Gasteiger partial charge is 2.00 e. The van der Waals surface area contributed by atoms with Crippen LogP contribution in [0.15, 0.2) is 20.4 Å². The van der Waals surface area contributed by atoms with Gasteiger partial charge in [-0.1, -0.05) is 0 Å². The van der Waals surface area contributed by atoms with E-state index in [1.54, 1.807) is 7.05 Å². The van der Waals surface area contributed by atoms with Crippen LogP contribution < -0.4 is 10.6 Å². The Bertz CT molecular complexity index is 411. The van der Waals surface area contributed by atoms with Crippen molar-refractivity contribution >= 4 is 48.0 Å². The minimum Gasteiger partial charge on any atom is -0.741 e. The van der Waals surface area contributed by atoms with Crippen LogP contribution in [0.25, 0.3) is 0 Å². The Hall–Kier alpha value is -0.737. The van der Waals surface area contributed by atoms with E-state index in [-0.39, 0.29) is 19.5 Å². The molecule has 11 heteroatoms. The maximum atomic E-state index is 5.28. The average molecular weight is 395 g/mol. The van der Waals surface area contributed by atoms with Crippen molar-refractivity contribution in [2.75, 3.05) is 46.4 Å². The van der Waals surface area contributed by atoms with E-state index in [0.717, 1.165) is 39.4 Å². The van der Waals surface area contributed by atoms with Gasteiger partial charge in [-0.05, 0) is 10.3 Å². The van der Waals surface area contributed by atoms with Gasteiger partial charge in [-0.15, -0.1) is 0 Å². The minimum absolute atomic E-state index is 0. The first-order valence-corrected chi connectivity index (χ1v) is 7.30. The van der Waals surface area contributed by atoms with Gasteiger partial charge in [0.15, 0.2) is 0 Å². The summed E-state index contributed by atoms with van der Waals surface area (Å²) in [5.74, 6) is 0. The molecule has 0 unspecified atom stereocenters. The summed E-state index contributed by atoms with van der Waals surface area (Å²) in [6, 6.07) is 0. The summed E-state index contributed by atoms with van der Waals surface area (Å²) in [5.41, 5.74) is 0. The number of rotatable bonds is 6. The van der Waals surface area contributed by atoms with Crippen LogP contribution in [0.3, 0.4) is 0 Å². The van der Waals surface area contributed by atoms with Crippen molar-refractivity contribution in [3.05, 3.63) is 0 Å². The van der Waals surface area contributed by atoms with Crippen LogP contribution >= 0.6 is 0 Å². The molecule has 1 rings (SSSR count). The van der Waals surface area contributed by atoms with Gasteiger partial charge in [0.25, 0.3) is 0 Å². The quantitative estimate of drug-likeness (QED) is 0.196. The second kappa shape index (κ2) is 13.9. The molecule has 0 spiro atoms. The van der Waals surface area contributed by atoms with E-state index in [0.29, 0.717) is 10.3 Å². The van der Waals surface area contributed by atoms with Crippen LogP contribution in [0, 0.1) is 0 Å². The Morgan fingerprint density at radius 3 is 2.32 bits per heavy atom. The second-order valence-corrected chi connectivity index (χ2v) is 4.74. The summed E-state index contributed by atoms with van der Waals surface area (Å²) in [6.45, 7) is 5.14. The van der Waals surface area contributed by atoms with Crippen molar-refractivity contribution in [3.8, 4) is 0 Å². The SMILES string of the molecule is CN/C([S-])=N/N=C/C=N/N=C(\[S-])NCCN1CCOCC1.[Zn+2]. The van der Waals surface area contributed by atoms with Crippen molar-refractivity contribution in [1.82, 2.24) is 15.5 Å². The predicted molar refractivity (Wildman–Crippen MR) is 90.9 cm³/mol. The Kier molecular flexibility index (Phi) is 13.4. The molecule has 1 saturated heterocycles. The van der Waals surface area contributed by atoms with Gasteiger partial charge in [-0.25, -0.2) is 0 Å². The van der Waals surface area contributed by atoms with E-state index in [1.165, 1.54) is 12.4 Å². The zero-order valence-electron chi connectivity index (χ0n) is 12.6. The van der Waals surface area contributed by atoms with Crippen LogP contribution in [0.2, 0.25) is 0 Å². The molecular formula is C11H19N7OS2Zn.